The summed E-state index contributed by atoms with van der Waals surface area (Å²) in [4.78, 5) is 0. The molecule has 1 N–H and O–H groups in total. The van der Waals surface area contributed by atoms with Crippen LogP contribution in [0, 0.1) is 0 Å². The van der Waals surface area contributed by atoms with Crippen molar-refractivity contribution in [3.8, 4) is 5.75 Å². The average molecular weight is 323 g/mol. The minimum Gasteiger partial charge on any atom is -0.491 e. The number of nitrogens with one attached hydrogen (secondary N) is 1. The minimum atomic E-state index is 0.591. The number of ether oxygens (including phenoxy) is 2. The molecule has 0 atom stereocenters. The molecular weight excluding hydrogens is 305 g/mol. The van der Waals surface area contributed by atoms with E-state index in [2.05, 4.69) is 21.2 Å². The van der Waals surface area contributed by atoms with E-state index in [0.29, 0.717) is 17.4 Å². The molecule has 0 aliphatic rings. The van der Waals surface area contributed by atoms with Crippen molar-refractivity contribution in [1.82, 2.24) is 5.32 Å². The summed E-state index contributed by atoms with van der Waals surface area (Å²) in [5, 5.41) is 3.84. The zero-order valence-electron chi connectivity index (χ0n) is 9.84. The summed E-state index contributed by atoms with van der Waals surface area (Å²) in [5.41, 5.74) is 0. The van der Waals surface area contributed by atoms with Crippen molar-refractivity contribution < 1.29 is 9.47 Å². The zero-order valence-corrected chi connectivity index (χ0v) is 12.2. The summed E-state index contributed by atoms with van der Waals surface area (Å²) >= 11 is 9.36. The zero-order chi connectivity index (χ0) is 12.5. The summed E-state index contributed by atoms with van der Waals surface area (Å²) in [6.07, 6.45) is 0. The van der Waals surface area contributed by atoms with Gasteiger partial charge in [-0.15, -0.1) is 0 Å². The quantitative estimate of drug-likeness (QED) is 0.746. The van der Waals surface area contributed by atoms with Gasteiger partial charge in [0.2, 0.25) is 0 Å². The van der Waals surface area contributed by atoms with Crippen molar-refractivity contribution in [2.45, 2.75) is 6.92 Å². The molecule has 0 aliphatic heterocycles. The first-order valence-electron chi connectivity index (χ1n) is 5.60. The van der Waals surface area contributed by atoms with Gasteiger partial charge in [-0.25, -0.2) is 0 Å². The molecule has 0 radical (unpaired) electrons. The Labute approximate surface area is 116 Å². The Kier molecular flexibility index (Phi) is 7.60. The molecule has 3 nitrogen and oxygen atoms in total. The summed E-state index contributed by atoms with van der Waals surface area (Å²) in [7, 11) is 0. The van der Waals surface area contributed by atoms with Gasteiger partial charge in [0, 0.05) is 24.2 Å². The second-order valence-corrected chi connectivity index (χ2v) is 4.69. The molecule has 0 spiro atoms. The third kappa shape index (κ3) is 6.27. The van der Waals surface area contributed by atoms with Crippen LogP contribution >= 0.6 is 27.5 Å². The molecule has 0 unspecified atom stereocenters. The maximum atomic E-state index is 6.02. The Balaban J connectivity index is 2.14. The van der Waals surface area contributed by atoms with Crippen LogP contribution in [-0.2, 0) is 4.74 Å². The van der Waals surface area contributed by atoms with Crippen molar-refractivity contribution in [3.63, 3.8) is 0 Å². The van der Waals surface area contributed by atoms with E-state index < -0.39 is 0 Å². The minimum absolute atomic E-state index is 0.591. The predicted octanol–water partition coefficient (Wildman–Crippen LogP) is 3.11. The topological polar surface area (TPSA) is 30.5 Å². The summed E-state index contributed by atoms with van der Waals surface area (Å²) in [6.45, 7) is 5.68. The van der Waals surface area contributed by atoms with Gasteiger partial charge in [0.05, 0.1) is 11.6 Å². The molecule has 0 bridgehead atoms. The van der Waals surface area contributed by atoms with Crippen LogP contribution in [0.15, 0.2) is 22.7 Å². The second-order valence-electron chi connectivity index (χ2n) is 3.37. The monoisotopic (exact) mass is 321 g/mol. The smallest absolute Gasteiger partial charge is 0.138 e. The largest absolute Gasteiger partial charge is 0.491 e. The molecule has 1 aromatic rings. The highest BCUT2D eigenvalue weighted by Gasteiger charge is 2.01. The van der Waals surface area contributed by atoms with Crippen LogP contribution in [0.3, 0.4) is 0 Å². The first-order chi connectivity index (χ1) is 8.24. The standard InChI is InChI=1S/C12H17BrClNO2/c1-2-16-7-5-15-6-8-17-12-4-3-10(13)9-11(12)14/h3-4,9,15H,2,5-8H2,1H3. The number of benzene rings is 1. The maximum absolute atomic E-state index is 6.02. The molecular formula is C12H17BrClNO2. The summed E-state index contributed by atoms with van der Waals surface area (Å²) in [6, 6.07) is 5.58. The van der Waals surface area contributed by atoms with Gasteiger partial charge in [-0.2, -0.15) is 0 Å². The first kappa shape index (κ1) is 14.8. The Hall–Kier alpha value is -0.290. The normalized spacial score (nSPS) is 10.5. The van der Waals surface area contributed by atoms with E-state index in [-0.39, 0.29) is 0 Å². The molecule has 17 heavy (non-hydrogen) atoms. The fraction of sp³-hybridized carbons (Fsp3) is 0.500. The lowest BCUT2D eigenvalue weighted by molar-refractivity contribution is 0.148. The third-order valence-corrected chi connectivity index (χ3v) is 2.85. The van der Waals surface area contributed by atoms with Crippen molar-refractivity contribution >= 4 is 27.5 Å². The second kappa shape index (κ2) is 8.75. The lowest BCUT2D eigenvalue weighted by atomic mass is 10.3. The highest BCUT2D eigenvalue weighted by Crippen LogP contribution is 2.27. The maximum Gasteiger partial charge on any atom is 0.138 e. The Morgan fingerprint density at radius 2 is 2.06 bits per heavy atom. The van der Waals surface area contributed by atoms with Crippen molar-refractivity contribution in [3.05, 3.63) is 27.7 Å². The fourth-order valence-electron chi connectivity index (χ4n) is 1.24. The Morgan fingerprint density at radius 3 is 2.76 bits per heavy atom. The molecule has 0 saturated heterocycles. The average Bonchev–Trinajstić information content (AvgIpc) is 2.30. The Morgan fingerprint density at radius 1 is 1.29 bits per heavy atom. The highest BCUT2D eigenvalue weighted by atomic mass is 79.9. The van der Waals surface area contributed by atoms with Gasteiger partial charge in [-0.1, -0.05) is 27.5 Å². The van der Waals surface area contributed by atoms with E-state index in [1.165, 1.54) is 0 Å². The molecule has 1 aromatic carbocycles. The van der Waals surface area contributed by atoms with E-state index in [4.69, 9.17) is 21.1 Å². The van der Waals surface area contributed by atoms with E-state index in [1.54, 1.807) is 0 Å². The number of hydrogen-bond donors (Lipinski definition) is 1. The molecule has 0 aromatic heterocycles. The van der Waals surface area contributed by atoms with E-state index in [0.717, 1.165) is 30.8 Å². The van der Waals surface area contributed by atoms with Crippen LogP contribution < -0.4 is 10.1 Å². The van der Waals surface area contributed by atoms with Crippen molar-refractivity contribution in [2.75, 3.05) is 32.9 Å². The van der Waals surface area contributed by atoms with Crippen LogP contribution in [0.1, 0.15) is 6.92 Å². The van der Waals surface area contributed by atoms with Gasteiger partial charge in [-0.05, 0) is 25.1 Å². The van der Waals surface area contributed by atoms with Crippen LogP contribution in [0.5, 0.6) is 5.75 Å². The number of halogens is 2. The van der Waals surface area contributed by atoms with E-state index in [1.807, 2.05) is 25.1 Å². The lowest BCUT2D eigenvalue weighted by Gasteiger charge is -2.09. The SMILES string of the molecule is CCOCCNCCOc1ccc(Br)cc1Cl. The molecule has 0 saturated carbocycles. The fourth-order valence-corrected chi connectivity index (χ4v) is 1.97. The van der Waals surface area contributed by atoms with Crippen molar-refractivity contribution in [1.29, 1.82) is 0 Å². The molecule has 0 aliphatic carbocycles. The Bertz CT molecular complexity index is 336. The van der Waals surface area contributed by atoms with Gasteiger partial charge in [0.25, 0.3) is 0 Å². The molecule has 0 amide bonds. The highest BCUT2D eigenvalue weighted by molar-refractivity contribution is 9.10. The third-order valence-electron chi connectivity index (χ3n) is 2.06. The van der Waals surface area contributed by atoms with Crippen molar-refractivity contribution in [2.24, 2.45) is 0 Å². The van der Waals surface area contributed by atoms with Gasteiger partial charge in [0.1, 0.15) is 12.4 Å². The molecule has 5 heteroatoms. The number of rotatable bonds is 8. The molecule has 0 heterocycles. The lowest BCUT2D eigenvalue weighted by Crippen LogP contribution is -2.25. The molecule has 1 rings (SSSR count). The number of hydrogen-bond acceptors (Lipinski definition) is 3. The van der Waals surface area contributed by atoms with Gasteiger partial charge in [-0.3, -0.25) is 0 Å². The van der Waals surface area contributed by atoms with Crippen LogP contribution in [-0.4, -0.2) is 32.9 Å². The van der Waals surface area contributed by atoms with E-state index in [9.17, 15) is 0 Å². The summed E-state index contributed by atoms with van der Waals surface area (Å²) in [5.74, 6) is 0.710. The molecule has 96 valence electrons. The first-order valence-corrected chi connectivity index (χ1v) is 6.77. The van der Waals surface area contributed by atoms with Gasteiger partial charge >= 0.3 is 0 Å². The van der Waals surface area contributed by atoms with Gasteiger partial charge < -0.3 is 14.8 Å². The van der Waals surface area contributed by atoms with Crippen LogP contribution in [0.4, 0.5) is 0 Å². The van der Waals surface area contributed by atoms with Crippen LogP contribution in [0.25, 0.3) is 0 Å². The summed E-state index contributed by atoms with van der Waals surface area (Å²) < 4.78 is 11.7. The van der Waals surface area contributed by atoms with Crippen LogP contribution in [0.2, 0.25) is 5.02 Å². The van der Waals surface area contributed by atoms with Gasteiger partial charge in [0.15, 0.2) is 0 Å². The predicted molar refractivity (Wildman–Crippen MR) is 74.0 cm³/mol. The molecule has 0 fully saturated rings. The van der Waals surface area contributed by atoms with E-state index >= 15 is 0 Å².